The third-order valence-corrected chi connectivity index (χ3v) is 1.79. The highest BCUT2D eigenvalue weighted by Gasteiger charge is 2.00. The third kappa shape index (κ3) is 2.91. The molecule has 0 saturated carbocycles. The number of hydrogen-bond acceptors (Lipinski definition) is 1. The lowest BCUT2D eigenvalue weighted by Gasteiger charge is -2.02. The minimum Gasteiger partial charge on any atom is -0.192 e. The van der Waals surface area contributed by atoms with Crippen LogP contribution in [0.15, 0.2) is 12.1 Å². The number of benzene rings is 1. The minimum atomic E-state index is 0.815. The van der Waals surface area contributed by atoms with Gasteiger partial charge in [0.25, 0.3) is 0 Å². The molecule has 0 aliphatic heterocycles. The van der Waals surface area contributed by atoms with Crippen LogP contribution in [-0.2, 0) is 0 Å². The maximum absolute atomic E-state index is 8.74. The first kappa shape index (κ1) is 11.7. The Balaban J connectivity index is 0.000000671. The van der Waals surface area contributed by atoms with E-state index in [1.807, 2.05) is 46.8 Å². The van der Waals surface area contributed by atoms with E-state index in [-0.39, 0.29) is 0 Å². The minimum absolute atomic E-state index is 0.815. The zero-order valence-electron chi connectivity index (χ0n) is 9.10. The molecule has 0 amide bonds. The molecular formula is C12H17N. The largest absolute Gasteiger partial charge is 0.192 e. The molecule has 1 nitrogen and oxygen atoms in total. The molecule has 0 radical (unpaired) electrons. The van der Waals surface area contributed by atoms with Gasteiger partial charge in [0.2, 0.25) is 0 Å². The molecule has 0 fully saturated rings. The van der Waals surface area contributed by atoms with Gasteiger partial charge in [0.05, 0.1) is 11.6 Å². The molecule has 0 atom stereocenters. The Morgan fingerprint density at radius 2 is 1.38 bits per heavy atom. The van der Waals surface area contributed by atoms with Gasteiger partial charge in [-0.05, 0) is 31.9 Å². The average molecular weight is 175 g/mol. The Labute approximate surface area is 81.0 Å². The molecule has 0 aliphatic rings. The third-order valence-electron chi connectivity index (χ3n) is 1.79. The van der Waals surface area contributed by atoms with Gasteiger partial charge in [-0.2, -0.15) is 5.26 Å². The van der Waals surface area contributed by atoms with Crippen LogP contribution >= 0.6 is 0 Å². The number of aryl methyl sites for hydroxylation is 3. The monoisotopic (exact) mass is 175 g/mol. The van der Waals surface area contributed by atoms with Crippen LogP contribution in [0.25, 0.3) is 0 Å². The summed E-state index contributed by atoms with van der Waals surface area (Å²) in [5.74, 6) is 0. The summed E-state index contributed by atoms with van der Waals surface area (Å²) < 4.78 is 0. The fraction of sp³-hybridized carbons (Fsp3) is 0.417. The Morgan fingerprint density at radius 1 is 1.00 bits per heavy atom. The summed E-state index contributed by atoms with van der Waals surface area (Å²) in [6.45, 7) is 9.98. The van der Waals surface area contributed by atoms with E-state index >= 15 is 0 Å². The van der Waals surface area contributed by atoms with E-state index in [0.29, 0.717) is 0 Å². The molecule has 1 rings (SSSR count). The maximum atomic E-state index is 8.74. The average Bonchev–Trinajstić information content (AvgIpc) is 2.07. The molecular weight excluding hydrogens is 158 g/mol. The number of nitrogens with zero attached hydrogens (tertiary/aromatic N) is 1. The molecule has 0 saturated heterocycles. The van der Waals surface area contributed by atoms with E-state index in [1.54, 1.807) is 0 Å². The molecule has 0 bridgehead atoms. The van der Waals surface area contributed by atoms with E-state index in [1.165, 1.54) is 5.56 Å². The lowest BCUT2D eigenvalue weighted by Crippen LogP contribution is -1.88. The summed E-state index contributed by atoms with van der Waals surface area (Å²) in [7, 11) is 0. The molecule has 1 aromatic carbocycles. The molecule has 0 heterocycles. The van der Waals surface area contributed by atoms with Crippen LogP contribution in [0.4, 0.5) is 0 Å². The SMILES string of the molecule is CC.Cc1cc(C)c(C#N)c(C)c1. The van der Waals surface area contributed by atoms with Gasteiger partial charge in [-0.15, -0.1) is 0 Å². The van der Waals surface area contributed by atoms with E-state index < -0.39 is 0 Å². The summed E-state index contributed by atoms with van der Waals surface area (Å²) in [6, 6.07) is 6.26. The highest BCUT2D eigenvalue weighted by atomic mass is 14.2. The molecule has 0 aromatic heterocycles. The molecule has 1 aromatic rings. The zero-order valence-corrected chi connectivity index (χ0v) is 9.10. The van der Waals surface area contributed by atoms with Crippen LogP contribution in [0, 0.1) is 32.1 Å². The van der Waals surface area contributed by atoms with Crippen molar-refractivity contribution in [1.29, 1.82) is 5.26 Å². The van der Waals surface area contributed by atoms with Gasteiger partial charge in [-0.25, -0.2) is 0 Å². The summed E-state index contributed by atoms with van der Waals surface area (Å²) in [6.07, 6.45) is 0. The van der Waals surface area contributed by atoms with E-state index in [2.05, 4.69) is 6.07 Å². The van der Waals surface area contributed by atoms with Gasteiger partial charge < -0.3 is 0 Å². The van der Waals surface area contributed by atoms with Crippen molar-refractivity contribution < 1.29 is 0 Å². The van der Waals surface area contributed by atoms with E-state index in [4.69, 9.17) is 5.26 Å². The molecule has 0 aliphatic carbocycles. The Kier molecular flexibility index (Phi) is 4.84. The Morgan fingerprint density at radius 3 is 1.69 bits per heavy atom. The molecule has 0 spiro atoms. The summed E-state index contributed by atoms with van der Waals surface area (Å²) in [5.41, 5.74) is 4.18. The second kappa shape index (κ2) is 5.37. The van der Waals surface area contributed by atoms with Crippen LogP contribution in [0.2, 0.25) is 0 Å². The predicted octanol–water partition coefficient (Wildman–Crippen LogP) is 3.51. The van der Waals surface area contributed by atoms with Gasteiger partial charge >= 0.3 is 0 Å². The van der Waals surface area contributed by atoms with Gasteiger partial charge in [0.1, 0.15) is 0 Å². The van der Waals surface area contributed by atoms with Crippen LogP contribution in [0.3, 0.4) is 0 Å². The van der Waals surface area contributed by atoms with Gasteiger partial charge in [-0.3, -0.25) is 0 Å². The molecule has 13 heavy (non-hydrogen) atoms. The van der Waals surface area contributed by atoms with E-state index in [9.17, 15) is 0 Å². The number of rotatable bonds is 0. The Hall–Kier alpha value is -1.29. The van der Waals surface area contributed by atoms with Crippen LogP contribution < -0.4 is 0 Å². The quantitative estimate of drug-likeness (QED) is 0.592. The fourth-order valence-electron chi connectivity index (χ4n) is 1.36. The smallest absolute Gasteiger partial charge is 0.0997 e. The lowest BCUT2D eigenvalue weighted by molar-refractivity contribution is 1.28. The second-order valence-corrected chi connectivity index (χ2v) is 2.89. The normalized spacial score (nSPS) is 8.31. The van der Waals surface area contributed by atoms with E-state index in [0.717, 1.165) is 16.7 Å². The molecule has 0 unspecified atom stereocenters. The number of hydrogen-bond donors (Lipinski definition) is 0. The fourth-order valence-corrected chi connectivity index (χ4v) is 1.36. The standard InChI is InChI=1S/C10H11N.C2H6/c1-7-4-8(2)10(6-11)9(3)5-7;1-2/h4-5H,1-3H3;1-2H3. The van der Waals surface area contributed by atoms with Gasteiger partial charge in [-0.1, -0.05) is 31.5 Å². The van der Waals surface area contributed by atoms with Crippen molar-refractivity contribution in [2.75, 3.05) is 0 Å². The van der Waals surface area contributed by atoms with Crippen molar-refractivity contribution in [2.24, 2.45) is 0 Å². The van der Waals surface area contributed by atoms with Crippen molar-refractivity contribution in [1.82, 2.24) is 0 Å². The topological polar surface area (TPSA) is 23.8 Å². The van der Waals surface area contributed by atoms with Crippen LogP contribution in [0.1, 0.15) is 36.1 Å². The lowest BCUT2D eigenvalue weighted by atomic mass is 10.0. The number of nitriles is 1. The van der Waals surface area contributed by atoms with Crippen LogP contribution in [0.5, 0.6) is 0 Å². The molecule has 1 heteroatoms. The second-order valence-electron chi connectivity index (χ2n) is 2.89. The molecule has 70 valence electrons. The predicted molar refractivity (Wildman–Crippen MR) is 56.7 cm³/mol. The highest BCUT2D eigenvalue weighted by Crippen LogP contribution is 2.14. The van der Waals surface area contributed by atoms with Gasteiger partial charge in [0, 0.05) is 0 Å². The zero-order chi connectivity index (χ0) is 10.4. The van der Waals surface area contributed by atoms with Crippen molar-refractivity contribution in [2.45, 2.75) is 34.6 Å². The maximum Gasteiger partial charge on any atom is 0.0997 e. The van der Waals surface area contributed by atoms with Crippen molar-refractivity contribution in [3.05, 3.63) is 34.4 Å². The van der Waals surface area contributed by atoms with Crippen molar-refractivity contribution in [3.8, 4) is 6.07 Å². The summed E-state index contributed by atoms with van der Waals surface area (Å²) in [5, 5.41) is 8.74. The van der Waals surface area contributed by atoms with Gasteiger partial charge in [0.15, 0.2) is 0 Å². The summed E-state index contributed by atoms with van der Waals surface area (Å²) in [4.78, 5) is 0. The Bertz CT molecular complexity index is 295. The molecule has 0 N–H and O–H groups in total. The van der Waals surface area contributed by atoms with Crippen molar-refractivity contribution in [3.63, 3.8) is 0 Å². The van der Waals surface area contributed by atoms with Crippen LogP contribution in [-0.4, -0.2) is 0 Å². The first-order valence-electron chi connectivity index (χ1n) is 4.63. The first-order valence-corrected chi connectivity index (χ1v) is 4.63. The highest BCUT2D eigenvalue weighted by molar-refractivity contribution is 5.45. The first-order chi connectivity index (χ1) is 6.15. The summed E-state index contributed by atoms with van der Waals surface area (Å²) >= 11 is 0. The van der Waals surface area contributed by atoms with Crippen molar-refractivity contribution >= 4 is 0 Å².